The lowest BCUT2D eigenvalue weighted by Crippen LogP contribution is -2.32. The number of aromatic nitrogens is 2. The number of hydrogen-bond acceptors (Lipinski definition) is 5. The van der Waals surface area contributed by atoms with Crippen LogP contribution in [0.1, 0.15) is 10.4 Å². The first kappa shape index (κ1) is 7.86. The number of carbonyl (C=O) groups is 1. The van der Waals surface area contributed by atoms with E-state index in [0.717, 1.165) is 12.4 Å². The van der Waals surface area contributed by atoms with Crippen LogP contribution in [0.4, 0.5) is 0 Å². The molecule has 1 aromatic heterocycles. The van der Waals surface area contributed by atoms with Gasteiger partial charge in [-0.3, -0.25) is 4.79 Å². The minimum Gasteiger partial charge on any atom is -0.324 e. The summed E-state index contributed by atoms with van der Waals surface area (Å²) in [4.78, 5) is 10.0. The van der Waals surface area contributed by atoms with E-state index in [-0.39, 0.29) is 5.56 Å². The van der Waals surface area contributed by atoms with Crippen LogP contribution in [-0.4, -0.2) is 31.4 Å². The molecule has 3 N–H and O–H groups in total. The Labute approximate surface area is 61.3 Å². The smallest absolute Gasteiger partial charge is 0.324 e. The molecule has 1 aromatic rings. The van der Waals surface area contributed by atoms with E-state index in [2.05, 4.69) is 5.10 Å². The lowest BCUT2D eigenvalue weighted by molar-refractivity contribution is -0.380. The summed E-state index contributed by atoms with van der Waals surface area (Å²) < 4.78 is 0.441. The van der Waals surface area contributed by atoms with Gasteiger partial charge in [0.05, 0.1) is 11.8 Å². The van der Waals surface area contributed by atoms with Crippen molar-refractivity contribution in [1.29, 1.82) is 0 Å². The molecule has 1 heterocycles. The molecule has 6 heteroatoms. The maximum Gasteiger partial charge on any atom is 0.389 e. The molecule has 0 fully saturated rings. The monoisotopic (exact) mass is 158 g/mol. The van der Waals surface area contributed by atoms with Gasteiger partial charge in [0.15, 0.2) is 6.29 Å². The molecule has 0 amide bonds. The molecule has 6 nitrogen and oxygen atoms in total. The van der Waals surface area contributed by atoms with Gasteiger partial charge in [-0.05, 0) is 0 Å². The summed E-state index contributed by atoms with van der Waals surface area (Å²) in [5.74, 6) is 0. The molecule has 11 heavy (non-hydrogen) atoms. The van der Waals surface area contributed by atoms with E-state index in [1.807, 2.05) is 0 Å². The summed E-state index contributed by atoms with van der Waals surface area (Å²) >= 11 is 0. The number of aldehydes is 1. The summed E-state index contributed by atoms with van der Waals surface area (Å²) in [6.07, 6.45) is -0.492. The van der Waals surface area contributed by atoms with Crippen molar-refractivity contribution >= 4 is 6.29 Å². The molecule has 0 unspecified atom stereocenters. The van der Waals surface area contributed by atoms with E-state index in [1.165, 1.54) is 0 Å². The van der Waals surface area contributed by atoms with Crippen molar-refractivity contribution < 1.29 is 20.1 Å². The second-order valence-corrected chi connectivity index (χ2v) is 1.94. The predicted octanol–water partition coefficient (Wildman–Crippen LogP) is -1.76. The summed E-state index contributed by atoms with van der Waals surface area (Å²) in [6.45, 7) is 0. The van der Waals surface area contributed by atoms with Crippen LogP contribution >= 0.6 is 0 Å². The third-order valence-electron chi connectivity index (χ3n) is 1.05. The normalized spacial score (nSPS) is 11.5. The van der Waals surface area contributed by atoms with Crippen molar-refractivity contribution in [2.75, 3.05) is 0 Å². The fourth-order valence-electron chi connectivity index (χ4n) is 0.562. The van der Waals surface area contributed by atoms with Gasteiger partial charge in [-0.25, -0.2) is 0 Å². The molecule has 60 valence electrons. The summed E-state index contributed by atoms with van der Waals surface area (Å²) in [5, 5.41) is 28.8. The third kappa shape index (κ3) is 1.61. The summed E-state index contributed by atoms with van der Waals surface area (Å²) in [7, 11) is 0. The van der Waals surface area contributed by atoms with Crippen LogP contribution in [-0.2, 0) is 6.10 Å². The Morgan fingerprint density at radius 2 is 2.18 bits per heavy atom. The van der Waals surface area contributed by atoms with Crippen LogP contribution in [0.3, 0.4) is 0 Å². The Morgan fingerprint density at radius 1 is 1.55 bits per heavy atom. The Hall–Kier alpha value is -1.24. The molecule has 0 spiro atoms. The molecule has 0 aliphatic heterocycles. The molecule has 0 bridgehead atoms. The third-order valence-corrected chi connectivity index (χ3v) is 1.05. The molecule has 0 aliphatic rings. The van der Waals surface area contributed by atoms with Gasteiger partial charge in [-0.2, -0.15) is 9.78 Å². The highest BCUT2D eigenvalue weighted by Gasteiger charge is 2.21. The van der Waals surface area contributed by atoms with Crippen LogP contribution in [0.5, 0.6) is 0 Å². The average molecular weight is 158 g/mol. The van der Waals surface area contributed by atoms with Crippen molar-refractivity contribution in [2.24, 2.45) is 0 Å². The fraction of sp³-hybridized carbons (Fsp3) is 0.200. The first-order valence-electron chi connectivity index (χ1n) is 2.71. The van der Waals surface area contributed by atoms with Crippen molar-refractivity contribution in [2.45, 2.75) is 6.10 Å². The summed E-state index contributed by atoms with van der Waals surface area (Å²) in [6, 6.07) is 0. The molecule has 0 atom stereocenters. The zero-order valence-electron chi connectivity index (χ0n) is 5.38. The van der Waals surface area contributed by atoms with Gasteiger partial charge in [0.1, 0.15) is 0 Å². The second-order valence-electron chi connectivity index (χ2n) is 1.94. The molecule has 0 radical (unpaired) electrons. The molecular formula is C5H6N2O4. The Kier molecular flexibility index (Phi) is 1.73. The first-order valence-corrected chi connectivity index (χ1v) is 2.71. The van der Waals surface area contributed by atoms with E-state index in [4.69, 9.17) is 15.3 Å². The molecule has 1 rings (SSSR count). The first-order chi connectivity index (χ1) is 5.04. The van der Waals surface area contributed by atoms with Crippen molar-refractivity contribution in [3.05, 3.63) is 18.0 Å². The molecule has 0 aromatic carbocycles. The number of nitrogens with zero attached hydrogens (tertiary/aromatic N) is 2. The van der Waals surface area contributed by atoms with Crippen molar-refractivity contribution in [1.82, 2.24) is 9.78 Å². The predicted molar refractivity (Wildman–Crippen MR) is 32.2 cm³/mol. The quantitative estimate of drug-likeness (QED) is 0.350. The zero-order chi connectivity index (χ0) is 8.48. The largest absolute Gasteiger partial charge is 0.389 e. The van der Waals surface area contributed by atoms with Crippen LogP contribution in [0.2, 0.25) is 0 Å². The average Bonchev–Trinajstić information content (AvgIpc) is 2.32. The van der Waals surface area contributed by atoms with Gasteiger partial charge in [0, 0.05) is 6.20 Å². The van der Waals surface area contributed by atoms with E-state index in [1.54, 1.807) is 0 Å². The van der Waals surface area contributed by atoms with Crippen molar-refractivity contribution in [3.63, 3.8) is 0 Å². The van der Waals surface area contributed by atoms with Crippen molar-refractivity contribution in [3.8, 4) is 0 Å². The second kappa shape index (κ2) is 2.42. The maximum atomic E-state index is 10.0. The van der Waals surface area contributed by atoms with Gasteiger partial charge >= 0.3 is 6.10 Å². The highest BCUT2D eigenvalue weighted by molar-refractivity contribution is 5.73. The lowest BCUT2D eigenvalue weighted by Gasteiger charge is -2.12. The standard InChI is InChI=1S/C5H6N2O4/c8-3-4-1-6-7(2-4)5(9,10)11/h1-3,9-11H. The van der Waals surface area contributed by atoms with E-state index >= 15 is 0 Å². The topological polar surface area (TPSA) is 95.6 Å². The van der Waals surface area contributed by atoms with Gasteiger partial charge in [-0.1, -0.05) is 0 Å². The minimum absolute atomic E-state index is 0.145. The van der Waals surface area contributed by atoms with E-state index in [9.17, 15) is 4.79 Å². The van der Waals surface area contributed by atoms with Gasteiger partial charge < -0.3 is 15.3 Å². The number of rotatable bonds is 2. The molecule has 0 saturated carbocycles. The Bertz CT molecular complexity index is 262. The maximum absolute atomic E-state index is 10.0. The van der Waals surface area contributed by atoms with Crippen LogP contribution in [0.15, 0.2) is 12.4 Å². The molecule has 0 saturated heterocycles. The van der Waals surface area contributed by atoms with E-state index in [0.29, 0.717) is 11.0 Å². The highest BCUT2D eigenvalue weighted by atomic mass is 16.7. The lowest BCUT2D eigenvalue weighted by atomic mass is 10.4. The number of aliphatic hydroxyl groups is 3. The zero-order valence-corrected chi connectivity index (χ0v) is 5.38. The Morgan fingerprint density at radius 3 is 2.45 bits per heavy atom. The minimum atomic E-state index is -3.04. The van der Waals surface area contributed by atoms with Crippen LogP contribution in [0.25, 0.3) is 0 Å². The number of hydrogen-bond donors (Lipinski definition) is 3. The molecule has 0 aliphatic carbocycles. The van der Waals surface area contributed by atoms with Gasteiger partial charge in [0.25, 0.3) is 0 Å². The number of carbonyl (C=O) groups excluding carboxylic acids is 1. The summed E-state index contributed by atoms with van der Waals surface area (Å²) in [5.41, 5.74) is 0.145. The van der Waals surface area contributed by atoms with Gasteiger partial charge in [0.2, 0.25) is 0 Å². The SMILES string of the molecule is O=Cc1cnn(C(O)(O)O)c1. The fourth-order valence-corrected chi connectivity index (χ4v) is 0.562. The molecular weight excluding hydrogens is 152 g/mol. The van der Waals surface area contributed by atoms with Crippen LogP contribution in [0, 0.1) is 0 Å². The van der Waals surface area contributed by atoms with Gasteiger partial charge in [-0.15, -0.1) is 0 Å². The highest BCUT2D eigenvalue weighted by Crippen LogP contribution is 2.02. The Balaban J connectivity index is 2.98. The van der Waals surface area contributed by atoms with E-state index < -0.39 is 6.10 Å². The van der Waals surface area contributed by atoms with Crippen LogP contribution < -0.4 is 0 Å².